The first-order valence-corrected chi connectivity index (χ1v) is 23.2. The smallest absolute Gasteiger partial charge is 0.0816 e. The fourth-order valence-electron chi connectivity index (χ4n) is 7.45. The van der Waals surface area contributed by atoms with Gasteiger partial charge in [0.2, 0.25) is 0 Å². The molecule has 0 fully saturated rings. The molecule has 0 N–H and O–H groups in total. The molecule has 0 aliphatic heterocycles. The van der Waals surface area contributed by atoms with Crippen molar-refractivity contribution in [1.82, 2.24) is 0 Å². The summed E-state index contributed by atoms with van der Waals surface area (Å²) in [5, 5.41) is 0. The lowest BCUT2D eigenvalue weighted by molar-refractivity contribution is 0.516. The fraction of sp³-hybridized carbons (Fsp3) is 0.686. The van der Waals surface area contributed by atoms with Crippen molar-refractivity contribution in [3.05, 3.63) is 70.8 Å². The Kier molecular flexibility index (Phi) is 29.0. The van der Waals surface area contributed by atoms with Crippen LogP contribution < -0.4 is 0 Å². The van der Waals surface area contributed by atoms with Gasteiger partial charge in [0.15, 0.2) is 0 Å². The second-order valence-electron chi connectivity index (χ2n) is 15.9. The molecule has 0 bridgehead atoms. The standard InChI is InChI=1S/C51H84N2/c1-6-11-12-13-14-15-16-17-18-19-20-21-22-23-24-25-26-27-28-29-30-31-32-33-34-35-36-37-49(53-51-42-47(9-4)39-48(10-5)43-51)44-52-50-40-45(7-2)38-46(8-3)41-50/h36-44H,6-35H2,1-5H3/b37-36+,52-44?,53-49?. The summed E-state index contributed by atoms with van der Waals surface area (Å²) in [5.41, 5.74) is 8.38. The molecule has 0 saturated carbocycles. The average molecular weight is 725 g/mol. The first-order valence-electron chi connectivity index (χ1n) is 23.2. The first kappa shape index (κ1) is 46.7. The summed E-state index contributed by atoms with van der Waals surface area (Å²) < 4.78 is 0. The topological polar surface area (TPSA) is 24.7 Å². The molecule has 2 heteroatoms. The number of unbranched alkanes of at least 4 members (excludes halogenated alkanes) is 25. The van der Waals surface area contributed by atoms with E-state index in [9.17, 15) is 0 Å². The molecule has 2 rings (SSSR count). The number of aliphatic imine (C=N–C) groups is 2. The van der Waals surface area contributed by atoms with Gasteiger partial charge in [-0.25, -0.2) is 4.99 Å². The van der Waals surface area contributed by atoms with Gasteiger partial charge in [0.25, 0.3) is 0 Å². The van der Waals surface area contributed by atoms with Crippen LogP contribution in [0, 0.1) is 0 Å². The Hall–Kier alpha value is -2.48. The third-order valence-corrected chi connectivity index (χ3v) is 11.1. The number of hydrogen-bond acceptors (Lipinski definition) is 2. The van der Waals surface area contributed by atoms with Crippen molar-refractivity contribution in [3.63, 3.8) is 0 Å². The Balaban J connectivity index is 1.56. The number of nitrogens with zero attached hydrogens (tertiary/aromatic N) is 2. The van der Waals surface area contributed by atoms with E-state index in [1.807, 2.05) is 6.21 Å². The fourth-order valence-corrected chi connectivity index (χ4v) is 7.45. The first-order chi connectivity index (χ1) is 26.1. The highest BCUT2D eigenvalue weighted by Crippen LogP contribution is 2.22. The summed E-state index contributed by atoms with van der Waals surface area (Å²) in [6.07, 6.45) is 47.6. The highest BCUT2D eigenvalue weighted by atomic mass is 14.8. The average Bonchev–Trinajstić information content (AvgIpc) is 3.19. The number of hydrogen-bond donors (Lipinski definition) is 0. The molecule has 2 nitrogen and oxygen atoms in total. The van der Waals surface area contributed by atoms with Gasteiger partial charge in [0.05, 0.1) is 23.3 Å². The second-order valence-corrected chi connectivity index (χ2v) is 15.9. The largest absolute Gasteiger partial charge is 0.255 e. The van der Waals surface area contributed by atoms with E-state index in [-0.39, 0.29) is 0 Å². The Bertz CT molecular complexity index is 1210. The van der Waals surface area contributed by atoms with E-state index in [0.29, 0.717) is 0 Å². The molecule has 0 heterocycles. The SMILES string of the molecule is CCCCCCCCCCCCCCCCCCCCCCCCCCC/C=C/C(C=Nc1cc(CC)cc(CC)c1)=Nc1cc(CC)cc(CC)c1. The minimum Gasteiger partial charge on any atom is -0.255 e. The van der Waals surface area contributed by atoms with E-state index < -0.39 is 0 Å². The Morgan fingerprint density at radius 2 is 0.717 bits per heavy atom. The molecular formula is C51H84N2. The summed E-state index contributed by atoms with van der Waals surface area (Å²) in [6, 6.07) is 13.5. The Morgan fingerprint density at radius 1 is 0.396 bits per heavy atom. The maximum Gasteiger partial charge on any atom is 0.0816 e. The predicted molar refractivity (Wildman–Crippen MR) is 240 cm³/mol. The molecule has 53 heavy (non-hydrogen) atoms. The van der Waals surface area contributed by atoms with Gasteiger partial charge in [0, 0.05) is 0 Å². The molecular weight excluding hydrogens is 641 g/mol. The zero-order valence-corrected chi connectivity index (χ0v) is 35.8. The molecule has 0 spiro atoms. The van der Waals surface area contributed by atoms with E-state index >= 15 is 0 Å². The normalized spacial score (nSPS) is 12.2. The third-order valence-electron chi connectivity index (χ3n) is 11.1. The Morgan fingerprint density at radius 3 is 1.06 bits per heavy atom. The van der Waals surface area contributed by atoms with Gasteiger partial charge >= 0.3 is 0 Å². The quantitative estimate of drug-likeness (QED) is 0.0507. The molecule has 0 unspecified atom stereocenters. The number of benzene rings is 2. The van der Waals surface area contributed by atoms with Gasteiger partial charge < -0.3 is 0 Å². The minimum atomic E-state index is 0.930. The predicted octanol–water partition coefficient (Wildman–Crippen LogP) is 17.1. The minimum absolute atomic E-state index is 0.930. The molecule has 0 atom stereocenters. The zero-order chi connectivity index (χ0) is 38.0. The maximum absolute atomic E-state index is 5.09. The summed E-state index contributed by atoms with van der Waals surface area (Å²) in [5.74, 6) is 0. The van der Waals surface area contributed by atoms with Crippen molar-refractivity contribution in [3.8, 4) is 0 Å². The molecule has 0 aromatic heterocycles. The van der Waals surface area contributed by atoms with E-state index in [0.717, 1.165) is 49.2 Å². The van der Waals surface area contributed by atoms with E-state index in [4.69, 9.17) is 9.98 Å². The van der Waals surface area contributed by atoms with E-state index in [1.54, 1.807) is 0 Å². The molecule has 2 aromatic rings. The molecule has 2 aromatic carbocycles. The van der Waals surface area contributed by atoms with E-state index in [2.05, 4.69) is 83.2 Å². The van der Waals surface area contributed by atoms with Gasteiger partial charge in [0.1, 0.15) is 0 Å². The number of rotatable bonds is 34. The highest BCUT2D eigenvalue weighted by molar-refractivity contribution is 6.36. The molecule has 0 aliphatic rings. The van der Waals surface area contributed by atoms with Crippen LogP contribution in [0.3, 0.4) is 0 Å². The molecule has 0 aliphatic carbocycles. The van der Waals surface area contributed by atoms with Crippen molar-refractivity contribution in [2.75, 3.05) is 0 Å². The van der Waals surface area contributed by atoms with E-state index in [1.165, 1.54) is 183 Å². The second kappa shape index (κ2) is 32.9. The summed E-state index contributed by atoms with van der Waals surface area (Å²) >= 11 is 0. The zero-order valence-electron chi connectivity index (χ0n) is 35.8. The van der Waals surface area contributed by atoms with Crippen LogP contribution in [-0.2, 0) is 25.7 Å². The summed E-state index contributed by atoms with van der Waals surface area (Å²) in [4.78, 5) is 10.0. The van der Waals surface area contributed by atoms with Gasteiger partial charge in [-0.15, -0.1) is 0 Å². The third kappa shape index (κ3) is 24.5. The van der Waals surface area contributed by atoms with Crippen LogP contribution in [-0.4, -0.2) is 11.9 Å². The number of aryl methyl sites for hydroxylation is 4. The molecule has 0 radical (unpaired) electrons. The van der Waals surface area contributed by atoms with Crippen LogP contribution in [0.25, 0.3) is 0 Å². The molecule has 0 amide bonds. The van der Waals surface area contributed by atoms with Gasteiger partial charge in [-0.3, -0.25) is 4.99 Å². The monoisotopic (exact) mass is 725 g/mol. The van der Waals surface area contributed by atoms with Gasteiger partial charge in [-0.1, -0.05) is 207 Å². The van der Waals surface area contributed by atoms with Crippen molar-refractivity contribution in [1.29, 1.82) is 0 Å². The molecule has 298 valence electrons. The Labute approximate surface area is 330 Å². The maximum atomic E-state index is 5.09. The summed E-state index contributed by atoms with van der Waals surface area (Å²) in [6.45, 7) is 11.2. The van der Waals surface area contributed by atoms with Gasteiger partial charge in [-0.2, -0.15) is 0 Å². The lowest BCUT2D eigenvalue weighted by Crippen LogP contribution is -1.96. The van der Waals surface area contributed by atoms with Crippen molar-refractivity contribution >= 4 is 23.3 Å². The van der Waals surface area contributed by atoms with Crippen molar-refractivity contribution < 1.29 is 0 Å². The lowest BCUT2D eigenvalue weighted by atomic mass is 10.0. The van der Waals surface area contributed by atoms with Crippen LogP contribution >= 0.6 is 0 Å². The van der Waals surface area contributed by atoms with Crippen LogP contribution in [0.2, 0.25) is 0 Å². The lowest BCUT2D eigenvalue weighted by Gasteiger charge is -2.06. The van der Waals surface area contributed by atoms with Gasteiger partial charge in [-0.05, 0) is 91.1 Å². The van der Waals surface area contributed by atoms with Crippen molar-refractivity contribution in [2.24, 2.45) is 9.98 Å². The highest BCUT2D eigenvalue weighted by Gasteiger charge is 2.02. The van der Waals surface area contributed by atoms with Crippen molar-refractivity contribution in [2.45, 2.75) is 227 Å². The van der Waals surface area contributed by atoms with Crippen LogP contribution in [0.15, 0.2) is 58.5 Å². The summed E-state index contributed by atoms with van der Waals surface area (Å²) in [7, 11) is 0. The van der Waals surface area contributed by atoms with Crippen LogP contribution in [0.1, 0.15) is 224 Å². The number of allylic oxidation sites excluding steroid dienone is 2. The van der Waals surface area contributed by atoms with Crippen LogP contribution in [0.4, 0.5) is 11.4 Å². The van der Waals surface area contributed by atoms with Crippen LogP contribution in [0.5, 0.6) is 0 Å². The molecule has 0 saturated heterocycles.